The van der Waals surface area contributed by atoms with Gasteiger partial charge in [-0.25, -0.2) is 4.98 Å². The summed E-state index contributed by atoms with van der Waals surface area (Å²) < 4.78 is 2.16. The normalized spacial score (nSPS) is 11.7. The third-order valence-electron chi connectivity index (χ3n) is 4.00. The predicted octanol–water partition coefficient (Wildman–Crippen LogP) is 2.74. The highest BCUT2D eigenvalue weighted by Crippen LogP contribution is 2.11. The first kappa shape index (κ1) is 16.1. The Morgan fingerprint density at radius 2 is 1.88 bits per heavy atom. The summed E-state index contributed by atoms with van der Waals surface area (Å²) in [5, 5.41) is 3.42. The number of aromatic nitrogens is 2. The second-order valence-electron chi connectivity index (χ2n) is 5.74. The van der Waals surface area contributed by atoms with Crippen LogP contribution in [0.5, 0.6) is 0 Å². The minimum atomic E-state index is 0.798. The molecule has 1 aromatic heterocycles. The molecule has 5 nitrogen and oxygen atoms in total. The van der Waals surface area contributed by atoms with Crippen molar-refractivity contribution in [2.45, 2.75) is 13.1 Å². The Morgan fingerprint density at radius 1 is 1.12 bits per heavy atom. The molecule has 0 fully saturated rings. The molecule has 1 heterocycles. The fourth-order valence-electron chi connectivity index (χ4n) is 2.79. The maximum atomic E-state index is 4.42. The summed E-state index contributed by atoms with van der Waals surface area (Å²) in [5.74, 6) is 0.892. The Bertz CT molecular complexity index is 807. The molecule has 24 heavy (non-hydrogen) atoms. The predicted molar refractivity (Wildman–Crippen MR) is 99.0 cm³/mol. The maximum absolute atomic E-state index is 4.42. The van der Waals surface area contributed by atoms with E-state index in [0.29, 0.717) is 0 Å². The fraction of sp³-hybridized carbons (Fsp3) is 0.263. The highest BCUT2D eigenvalue weighted by atomic mass is 15.3. The van der Waals surface area contributed by atoms with Crippen LogP contribution in [0, 0.1) is 0 Å². The molecule has 0 unspecified atom stereocenters. The van der Waals surface area contributed by atoms with Crippen molar-refractivity contribution >= 4 is 17.0 Å². The van der Waals surface area contributed by atoms with Crippen molar-refractivity contribution in [1.82, 2.24) is 19.8 Å². The summed E-state index contributed by atoms with van der Waals surface area (Å²) in [6, 6.07) is 18.6. The second kappa shape index (κ2) is 7.64. The second-order valence-corrected chi connectivity index (χ2v) is 5.74. The number of guanidine groups is 1. The van der Waals surface area contributed by atoms with Gasteiger partial charge in [0.25, 0.3) is 0 Å². The Morgan fingerprint density at radius 3 is 2.67 bits per heavy atom. The van der Waals surface area contributed by atoms with Crippen LogP contribution in [0.4, 0.5) is 0 Å². The van der Waals surface area contributed by atoms with Gasteiger partial charge >= 0.3 is 0 Å². The average Bonchev–Trinajstić information content (AvgIpc) is 3.03. The van der Waals surface area contributed by atoms with Gasteiger partial charge < -0.3 is 14.8 Å². The van der Waals surface area contributed by atoms with Gasteiger partial charge in [-0.1, -0.05) is 42.5 Å². The number of fused-ring (bicyclic) bond motifs is 1. The van der Waals surface area contributed by atoms with Crippen molar-refractivity contribution in [3.8, 4) is 0 Å². The Kier molecular flexibility index (Phi) is 5.11. The molecule has 0 saturated heterocycles. The van der Waals surface area contributed by atoms with Crippen LogP contribution < -0.4 is 5.32 Å². The third-order valence-corrected chi connectivity index (χ3v) is 4.00. The molecular formula is C19H23N5. The van der Waals surface area contributed by atoms with Crippen LogP contribution in [0.3, 0.4) is 0 Å². The first-order valence-electron chi connectivity index (χ1n) is 8.13. The minimum Gasteiger partial charge on any atom is -0.354 e. The molecule has 0 aliphatic heterocycles. The van der Waals surface area contributed by atoms with E-state index in [1.807, 2.05) is 37.6 Å². The van der Waals surface area contributed by atoms with Crippen LogP contribution in [0.1, 0.15) is 5.56 Å². The summed E-state index contributed by atoms with van der Waals surface area (Å²) in [5.41, 5.74) is 3.46. The molecule has 2 aromatic carbocycles. The molecule has 124 valence electrons. The van der Waals surface area contributed by atoms with Gasteiger partial charge in [-0.3, -0.25) is 4.99 Å². The van der Waals surface area contributed by atoms with Crippen molar-refractivity contribution in [2.75, 3.05) is 20.6 Å². The van der Waals surface area contributed by atoms with E-state index in [-0.39, 0.29) is 0 Å². The summed E-state index contributed by atoms with van der Waals surface area (Å²) in [7, 11) is 3.87. The van der Waals surface area contributed by atoms with Crippen LogP contribution in [0.2, 0.25) is 0 Å². The highest BCUT2D eigenvalue weighted by Gasteiger charge is 2.07. The zero-order valence-corrected chi connectivity index (χ0v) is 14.2. The number of benzene rings is 2. The van der Waals surface area contributed by atoms with Gasteiger partial charge in [0.05, 0.1) is 17.4 Å². The van der Waals surface area contributed by atoms with Crippen LogP contribution in [0.15, 0.2) is 65.9 Å². The molecule has 5 heteroatoms. The monoisotopic (exact) mass is 321 g/mol. The smallest absolute Gasteiger partial charge is 0.193 e. The van der Waals surface area contributed by atoms with Crippen LogP contribution in [0.25, 0.3) is 11.0 Å². The third kappa shape index (κ3) is 3.74. The van der Waals surface area contributed by atoms with Crippen molar-refractivity contribution in [2.24, 2.45) is 4.99 Å². The van der Waals surface area contributed by atoms with E-state index in [2.05, 4.69) is 62.1 Å². The zero-order valence-electron chi connectivity index (χ0n) is 14.2. The quantitative estimate of drug-likeness (QED) is 0.580. The van der Waals surface area contributed by atoms with Gasteiger partial charge in [-0.15, -0.1) is 0 Å². The van der Waals surface area contributed by atoms with Gasteiger partial charge in [-0.2, -0.15) is 0 Å². The van der Waals surface area contributed by atoms with E-state index in [0.717, 1.165) is 36.6 Å². The largest absolute Gasteiger partial charge is 0.354 e. The molecule has 3 aromatic rings. The molecule has 0 amide bonds. The summed E-state index contributed by atoms with van der Waals surface area (Å²) in [6.07, 6.45) is 1.89. The number of rotatable bonds is 5. The minimum absolute atomic E-state index is 0.798. The number of imidazole rings is 1. The van der Waals surface area contributed by atoms with E-state index >= 15 is 0 Å². The molecule has 3 rings (SSSR count). The Labute approximate surface area is 142 Å². The van der Waals surface area contributed by atoms with Gasteiger partial charge in [0.1, 0.15) is 0 Å². The molecule has 0 aliphatic carbocycles. The SMILES string of the molecule is CN=C(NCCn1cnc2ccccc21)N(C)Cc1ccccc1. The molecule has 0 saturated carbocycles. The molecule has 0 spiro atoms. The van der Waals surface area contributed by atoms with E-state index in [9.17, 15) is 0 Å². The van der Waals surface area contributed by atoms with Gasteiger partial charge in [0, 0.05) is 33.7 Å². The van der Waals surface area contributed by atoms with Crippen molar-refractivity contribution in [3.05, 3.63) is 66.5 Å². The lowest BCUT2D eigenvalue weighted by Crippen LogP contribution is -2.39. The Hall–Kier alpha value is -2.82. The van der Waals surface area contributed by atoms with Crippen molar-refractivity contribution in [3.63, 3.8) is 0 Å². The van der Waals surface area contributed by atoms with Gasteiger partial charge in [0.2, 0.25) is 0 Å². The topological polar surface area (TPSA) is 45.5 Å². The van der Waals surface area contributed by atoms with Crippen LogP contribution in [-0.4, -0.2) is 41.1 Å². The molecular weight excluding hydrogens is 298 g/mol. The standard InChI is InChI=1S/C19H23N5/c1-20-19(23(2)14-16-8-4-3-5-9-16)21-12-13-24-15-22-17-10-6-7-11-18(17)24/h3-11,15H,12-14H2,1-2H3,(H,20,21). The highest BCUT2D eigenvalue weighted by molar-refractivity contribution is 5.79. The molecule has 1 N–H and O–H groups in total. The summed E-state index contributed by atoms with van der Waals surface area (Å²) in [6.45, 7) is 2.47. The molecule has 0 bridgehead atoms. The number of aliphatic imine (C=N–C) groups is 1. The van der Waals surface area contributed by atoms with E-state index in [4.69, 9.17) is 0 Å². The van der Waals surface area contributed by atoms with Gasteiger partial charge in [-0.05, 0) is 17.7 Å². The lowest BCUT2D eigenvalue weighted by atomic mass is 10.2. The lowest BCUT2D eigenvalue weighted by Gasteiger charge is -2.22. The lowest BCUT2D eigenvalue weighted by molar-refractivity contribution is 0.474. The summed E-state index contributed by atoms with van der Waals surface area (Å²) >= 11 is 0. The molecule has 0 radical (unpaired) electrons. The first-order chi connectivity index (χ1) is 11.8. The first-order valence-corrected chi connectivity index (χ1v) is 8.13. The zero-order chi connectivity index (χ0) is 16.8. The van der Waals surface area contributed by atoms with E-state index in [1.54, 1.807) is 0 Å². The molecule has 0 atom stereocenters. The number of hydrogen-bond acceptors (Lipinski definition) is 2. The van der Waals surface area contributed by atoms with Crippen LogP contribution in [-0.2, 0) is 13.1 Å². The van der Waals surface area contributed by atoms with Gasteiger partial charge in [0.15, 0.2) is 5.96 Å². The summed E-state index contributed by atoms with van der Waals surface area (Å²) in [4.78, 5) is 10.9. The number of nitrogens with zero attached hydrogens (tertiary/aromatic N) is 4. The molecule has 0 aliphatic rings. The number of para-hydroxylation sites is 2. The number of hydrogen-bond donors (Lipinski definition) is 1. The fourth-order valence-corrected chi connectivity index (χ4v) is 2.79. The van der Waals surface area contributed by atoms with Crippen molar-refractivity contribution < 1.29 is 0 Å². The number of nitrogens with one attached hydrogen (secondary N) is 1. The Balaban J connectivity index is 1.56. The van der Waals surface area contributed by atoms with E-state index < -0.39 is 0 Å². The van der Waals surface area contributed by atoms with Crippen molar-refractivity contribution in [1.29, 1.82) is 0 Å². The maximum Gasteiger partial charge on any atom is 0.193 e. The van der Waals surface area contributed by atoms with Crippen LogP contribution >= 0.6 is 0 Å². The average molecular weight is 321 g/mol. The van der Waals surface area contributed by atoms with E-state index in [1.165, 1.54) is 5.56 Å².